The standard InChI is InChI=1S/C57H77ClN10O15S/c1-31(2)26-40(66-56(81)49(33(5)6)68-46(72)29-61-51(76)35-14-8-7-9-15-35)55(80)63-38(17-12-13-25-60-44(70)28-43(57(82)83)84-42-18-11-10-16-37(42)58)53(78)64-39(23-24-47(73)74)54(79)65-41(27-34-19-21-36(69)22-20-34)52(77)62-30-45(71)67-48(32(3)4)50(59)75/h7-11,14-16,18-22,31-33,38-41,43,48-49,69H,12-13,17,23-30H2,1-6H3,(H2,59,75)(H,60,70)(H,61,76)(H,62,77)(H,63,80)(H,64,78)(H,65,79)(H,66,81)(H,67,71)(H,68,72)(H,73,74)(H,82,83)/t38-,39-,40-,41-,43-,48-,49-/m0/s1. The summed E-state index contributed by atoms with van der Waals surface area (Å²) in [6.45, 7) is 8.91. The number of carbonyl (C=O) groups is 12. The highest BCUT2D eigenvalue weighted by Crippen LogP contribution is 2.31. The van der Waals surface area contributed by atoms with Crippen LogP contribution in [0.2, 0.25) is 5.02 Å². The maximum Gasteiger partial charge on any atom is 0.317 e. The molecule has 0 saturated carbocycles. The number of aromatic hydroxyl groups is 1. The van der Waals surface area contributed by atoms with Crippen molar-refractivity contribution < 1.29 is 72.9 Å². The SMILES string of the molecule is CC(C)C[C@H](NC(=O)[C@@H](NC(=O)CNC(=O)c1ccccc1)C(C)C)C(=O)N[C@@H](CCCCNC(=O)C[C@H](Sc1ccccc1Cl)C(=O)O)C(=O)N[C@@H](CCC(=O)O)C(=O)N[C@@H](Cc1ccc(O)cc1)C(=O)NCC(=O)N[C@H](C(N)=O)C(C)C. The monoisotopic (exact) mass is 1210 g/mol. The number of primary amides is 1. The maximum atomic E-state index is 14.5. The summed E-state index contributed by atoms with van der Waals surface area (Å²) < 4.78 is 0. The molecule has 25 nitrogen and oxygen atoms in total. The Kier molecular flexibility index (Phi) is 29.7. The Bertz CT molecular complexity index is 2770. The van der Waals surface area contributed by atoms with E-state index in [9.17, 15) is 72.9 Å². The normalized spacial score (nSPS) is 13.5. The molecule has 0 heterocycles. The summed E-state index contributed by atoms with van der Waals surface area (Å²) in [6, 6.07) is 11.8. The van der Waals surface area contributed by atoms with Crippen molar-refractivity contribution >= 4 is 94.4 Å². The van der Waals surface area contributed by atoms with E-state index in [1.807, 2.05) is 0 Å². The highest BCUT2D eigenvalue weighted by Gasteiger charge is 2.35. The van der Waals surface area contributed by atoms with Gasteiger partial charge in [-0.15, -0.1) is 11.8 Å². The van der Waals surface area contributed by atoms with E-state index >= 15 is 0 Å². The molecule has 0 aliphatic carbocycles. The van der Waals surface area contributed by atoms with Crippen LogP contribution in [0.5, 0.6) is 5.75 Å². The van der Waals surface area contributed by atoms with E-state index < -0.39 is 157 Å². The van der Waals surface area contributed by atoms with E-state index in [2.05, 4.69) is 47.9 Å². The average molecular weight is 1210 g/mol. The number of unbranched alkanes of at least 4 members (excludes halogenated alkanes) is 1. The van der Waals surface area contributed by atoms with Gasteiger partial charge in [0, 0.05) is 36.3 Å². The van der Waals surface area contributed by atoms with Crippen molar-refractivity contribution in [2.45, 2.75) is 139 Å². The van der Waals surface area contributed by atoms with Crippen molar-refractivity contribution in [3.05, 3.63) is 95.0 Å². The molecular formula is C57H77ClN10O15S. The zero-order valence-electron chi connectivity index (χ0n) is 47.7. The van der Waals surface area contributed by atoms with Gasteiger partial charge in [0.15, 0.2) is 0 Å². The molecule has 0 bridgehead atoms. The maximum absolute atomic E-state index is 14.5. The molecule has 7 atom stereocenters. The first kappa shape index (κ1) is 70.0. The highest BCUT2D eigenvalue weighted by molar-refractivity contribution is 8.00. The lowest BCUT2D eigenvalue weighted by molar-refractivity contribution is -0.139. The number of thioether (sulfide) groups is 1. The summed E-state index contributed by atoms with van der Waals surface area (Å²) in [5.41, 5.74) is 6.13. The van der Waals surface area contributed by atoms with Crippen molar-refractivity contribution in [2.75, 3.05) is 19.6 Å². The van der Waals surface area contributed by atoms with Gasteiger partial charge in [-0.1, -0.05) is 95.6 Å². The second-order valence-electron chi connectivity index (χ2n) is 20.8. The molecular weight excluding hydrogens is 1130 g/mol. The molecule has 0 unspecified atom stereocenters. The van der Waals surface area contributed by atoms with Crippen LogP contribution in [0.1, 0.15) is 102 Å². The fourth-order valence-electron chi connectivity index (χ4n) is 8.17. The molecule has 0 aliphatic heterocycles. The Hall–Kier alpha value is -8.26. The quantitative estimate of drug-likeness (QED) is 0.0291. The number of rotatable bonds is 36. The van der Waals surface area contributed by atoms with E-state index in [4.69, 9.17) is 17.3 Å². The van der Waals surface area contributed by atoms with Crippen LogP contribution in [0.15, 0.2) is 83.8 Å². The number of phenols is 1. The number of nitrogens with one attached hydrogen (secondary N) is 9. The van der Waals surface area contributed by atoms with Crippen LogP contribution < -0.4 is 53.6 Å². The highest BCUT2D eigenvalue weighted by atomic mass is 35.5. The third-order valence-electron chi connectivity index (χ3n) is 12.7. The van der Waals surface area contributed by atoms with Gasteiger partial charge in [0.2, 0.25) is 53.2 Å². The number of amides is 10. The lowest BCUT2D eigenvalue weighted by Crippen LogP contribution is -2.60. The first-order valence-electron chi connectivity index (χ1n) is 27.3. The predicted molar refractivity (Wildman–Crippen MR) is 311 cm³/mol. The number of nitrogens with two attached hydrogens (primary N) is 1. The first-order valence-corrected chi connectivity index (χ1v) is 28.5. The summed E-state index contributed by atoms with van der Waals surface area (Å²) in [6.07, 6.45) is -1.85. The summed E-state index contributed by atoms with van der Waals surface area (Å²) in [4.78, 5) is 159. The molecule has 0 aromatic heterocycles. The van der Waals surface area contributed by atoms with Crippen molar-refractivity contribution in [2.24, 2.45) is 23.5 Å². The summed E-state index contributed by atoms with van der Waals surface area (Å²) in [5.74, 6) is -12.0. The van der Waals surface area contributed by atoms with Crippen LogP contribution in [-0.2, 0) is 59.2 Å². The second kappa shape index (κ2) is 35.7. The number of carboxylic acid groups (broad SMARTS) is 2. The number of carbonyl (C=O) groups excluding carboxylic acids is 10. The Morgan fingerprint density at radius 2 is 1.10 bits per heavy atom. The smallest absolute Gasteiger partial charge is 0.317 e. The van der Waals surface area contributed by atoms with E-state index in [0.717, 1.165) is 11.8 Å². The van der Waals surface area contributed by atoms with Crippen molar-refractivity contribution in [1.29, 1.82) is 0 Å². The van der Waals surface area contributed by atoms with Gasteiger partial charge in [-0.3, -0.25) is 57.5 Å². The molecule has 84 heavy (non-hydrogen) atoms. The number of halogens is 1. The average Bonchev–Trinajstić information content (AvgIpc) is 3.52. The molecule has 0 aliphatic rings. The molecule has 3 aromatic rings. The van der Waals surface area contributed by atoms with Gasteiger partial charge < -0.3 is 68.9 Å². The van der Waals surface area contributed by atoms with Gasteiger partial charge in [0.05, 0.1) is 18.1 Å². The lowest BCUT2D eigenvalue weighted by atomic mass is 9.99. The van der Waals surface area contributed by atoms with Crippen LogP contribution in [-0.4, -0.2) is 147 Å². The number of aliphatic carboxylic acids is 2. The minimum atomic E-state index is -1.70. The van der Waals surface area contributed by atoms with Gasteiger partial charge in [0.1, 0.15) is 47.3 Å². The molecule has 3 aromatic carbocycles. The number of hydrogen-bond acceptors (Lipinski definition) is 14. The molecule has 0 saturated heterocycles. The van der Waals surface area contributed by atoms with E-state index in [1.54, 1.807) is 96.1 Å². The van der Waals surface area contributed by atoms with Crippen molar-refractivity contribution in [1.82, 2.24) is 47.9 Å². The number of carboxylic acids is 2. The largest absolute Gasteiger partial charge is 0.508 e. The zero-order valence-corrected chi connectivity index (χ0v) is 49.2. The second-order valence-corrected chi connectivity index (χ2v) is 22.5. The minimum absolute atomic E-state index is 0.00910. The Morgan fingerprint density at radius 3 is 1.65 bits per heavy atom. The molecule has 10 amide bonds. The predicted octanol–water partition coefficient (Wildman–Crippen LogP) is 1.67. The van der Waals surface area contributed by atoms with Crippen LogP contribution >= 0.6 is 23.4 Å². The third kappa shape index (κ3) is 25.5. The lowest BCUT2D eigenvalue weighted by Gasteiger charge is -2.28. The summed E-state index contributed by atoms with van der Waals surface area (Å²) in [5, 5.41) is 51.5. The van der Waals surface area contributed by atoms with Crippen LogP contribution in [0, 0.1) is 17.8 Å². The Morgan fingerprint density at radius 1 is 0.560 bits per heavy atom. The topological polar surface area (TPSA) is 400 Å². The summed E-state index contributed by atoms with van der Waals surface area (Å²) in [7, 11) is 0. The van der Waals surface area contributed by atoms with Crippen LogP contribution in [0.25, 0.3) is 0 Å². The van der Waals surface area contributed by atoms with E-state index in [-0.39, 0.29) is 50.3 Å². The fourth-order valence-corrected chi connectivity index (χ4v) is 9.42. The zero-order chi connectivity index (χ0) is 62.6. The number of benzene rings is 3. The van der Waals surface area contributed by atoms with Gasteiger partial charge in [-0.2, -0.15) is 0 Å². The third-order valence-corrected chi connectivity index (χ3v) is 14.4. The van der Waals surface area contributed by atoms with Gasteiger partial charge >= 0.3 is 11.9 Å². The minimum Gasteiger partial charge on any atom is -0.508 e. The fraction of sp³-hybridized carbons (Fsp3) is 0.474. The summed E-state index contributed by atoms with van der Waals surface area (Å²) >= 11 is 7.12. The van der Waals surface area contributed by atoms with Gasteiger partial charge in [0.25, 0.3) is 5.91 Å². The number of phenolic OH excluding ortho intramolecular Hbond substituents is 1. The molecule has 0 fully saturated rings. The van der Waals surface area contributed by atoms with Crippen molar-refractivity contribution in [3.63, 3.8) is 0 Å². The van der Waals surface area contributed by atoms with Gasteiger partial charge in [-0.05, 0) is 91.8 Å². The van der Waals surface area contributed by atoms with Gasteiger partial charge in [-0.25, -0.2) is 0 Å². The van der Waals surface area contributed by atoms with Crippen molar-refractivity contribution in [3.8, 4) is 5.75 Å². The van der Waals surface area contributed by atoms with E-state index in [1.165, 1.54) is 24.3 Å². The van der Waals surface area contributed by atoms with Crippen LogP contribution in [0.4, 0.5) is 0 Å². The Labute approximate surface area is 496 Å². The number of hydrogen-bond donors (Lipinski definition) is 13. The molecule has 27 heteroatoms. The van der Waals surface area contributed by atoms with E-state index in [0.29, 0.717) is 21.0 Å². The van der Waals surface area contributed by atoms with Crippen LogP contribution in [0.3, 0.4) is 0 Å². The molecule has 458 valence electrons. The molecule has 3 rings (SSSR count). The molecule has 0 spiro atoms. The first-order chi connectivity index (χ1) is 39.6. The molecule has 14 N–H and O–H groups in total. The Balaban J connectivity index is 1.91. The molecule has 0 radical (unpaired) electrons.